The van der Waals surface area contributed by atoms with Crippen LogP contribution in [0.25, 0.3) is 10.6 Å². The average molecular weight is 356 g/mol. The van der Waals surface area contributed by atoms with Gasteiger partial charge in [-0.15, -0.1) is 11.3 Å². The molecule has 1 atom stereocenters. The summed E-state index contributed by atoms with van der Waals surface area (Å²) >= 11 is 3.13. The number of amides is 1. The molecule has 4 rings (SSSR count). The number of para-hydroxylation sites is 1. The SMILES string of the molecule is O=C(NCC1COc2ccccc2C1)c1csc(-c2ccsc2)n1. The second kappa shape index (κ2) is 6.75. The highest BCUT2D eigenvalue weighted by atomic mass is 32.1. The number of carbonyl (C=O) groups excluding carboxylic acids is 1. The Balaban J connectivity index is 1.36. The first-order chi connectivity index (χ1) is 11.8. The van der Waals surface area contributed by atoms with Crippen molar-refractivity contribution in [2.45, 2.75) is 6.42 Å². The van der Waals surface area contributed by atoms with Gasteiger partial charge in [-0.25, -0.2) is 4.98 Å². The molecule has 122 valence electrons. The predicted molar refractivity (Wildman–Crippen MR) is 96.9 cm³/mol. The maximum atomic E-state index is 12.3. The molecule has 3 heterocycles. The van der Waals surface area contributed by atoms with E-state index in [4.69, 9.17) is 4.74 Å². The van der Waals surface area contributed by atoms with E-state index in [-0.39, 0.29) is 5.91 Å². The number of hydrogen-bond donors (Lipinski definition) is 1. The first kappa shape index (κ1) is 15.4. The molecule has 2 aromatic heterocycles. The van der Waals surface area contributed by atoms with Crippen LogP contribution in [0.15, 0.2) is 46.5 Å². The molecule has 0 saturated heterocycles. The van der Waals surface area contributed by atoms with Gasteiger partial charge in [0.05, 0.1) is 6.61 Å². The van der Waals surface area contributed by atoms with Crippen LogP contribution in [0.3, 0.4) is 0 Å². The van der Waals surface area contributed by atoms with Crippen molar-refractivity contribution >= 4 is 28.6 Å². The Bertz CT molecular complexity index is 842. The summed E-state index contributed by atoms with van der Waals surface area (Å²) in [6.07, 6.45) is 0.924. The van der Waals surface area contributed by atoms with Crippen molar-refractivity contribution < 1.29 is 9.53 Å². The number of nitrogens with zero attached hydrogens (tertiary/aromatic N) is 1. The first-order valence-electron chi connectivity index (χ1n) is 7.76. The minimum Gasteiger partial charge on any atom is -0.493 e. The topological polar surface area (TPSA) is 51.2 Å². The van der Waals surface area contributed by atoms with E-state index in [1.807, 2.05) is 40.4 Å². The van der Waals surface area contributed by atoms with Crippen LogP contribution in [0.5, 0.6) is 5.75 Å². The minimum absolute atomic E-state index is 0.119. The van der Waals surface area contributed by atoms with E-state index in [1.165, 1.54) is 16.9 Å². The second-order valence-corrected chi connectivity index (χ2v) is 7.39. The van der Waals surface area contributed by atoms with Gasteiger partial charge < -0.3 is 10.1 Å². The molecule has 1 N–H and O–H groups in total. The van der Waals surface area contributed by atoms with Crippen molar-refractivity contribution in [3.63, 3.8) is 0 Å². The predicted octanol–water partition coefficient (Wildman–Crippen LogP) is 3.85. The van der Waals surface area contributed by atoms with Crippen LogP contribution in [0, 0.1) is 5.92 Å². The molecule has 4 nitrogen and oxygen atoms in total. The molecule has 24 heavy (non-hydrogen) atoms. The van der Waals surface area contributed by atoms with Crippen molar-refractivity contribution in [2.75, 3.05) is 13.2 Å². The summed E-state index contributed by atoms with van der Waals surface area (Å²) in [4.78, 5) is 16.7. The molecule has 0 fully saturated rings. The maximum Gasteiger partial charge on any atom is 0.270 e. The maximum absolute atomic E-state index is 12.3. The molecule has 0 radical (unpaired) electrons. The van der Waals surface area contributed by atoms with Crippen molar-refractivity contribution in [2.24, 2.45) is 5.92 Å². The summed E-state index contributed by atoms with van der Waals surface area (Å²) in [6.45, 7) is 1.23. The third-order valence-corrected chi connectivity index (χ3v) is 5.59. The van der Waals surface area contributed by atoms with Gasteiger partial charge >= 0.3 is 0 Å². The van der Waals surface area contributed by atoms with E-state index < -0.39 is 0 Å². The van der Waals surface area contributed by atoms with E-state index in [1.54, 1.807) is 11.3 Å². The molecule has 3 aromatic rings. The van der Waals surface area contributed by atoms with Gasteiger partial charge in [-0.1, -0.05) is 18.2 Å². The van der Waals surface area contributed by atoms with Gasteiger partial charge in [0, 0.05) is 28.8 Å². The molecule has 6 heteroatoms. The van der Waals surface area contributed by atoms with Crippen molar-refractivity contribution in [1.82, 2.24) is 10.3 Å². The van der Waals surface area contributed by atoms with E-state index in [0.29, 0.717) is 24.8 Å². The molecule has 0 spiro atoms. The number of thiazole rings is 1. The van der Waals surface area contributed by atoms with Crippen LogP contribution < -0.4 is 10.1 Å². The van der Waals surface area contributed by atoms with E-state index in [9.17, 15) is 4.79 Å². The van der Waals surface area contributed by atoms with Crippen LogP contribution in [0.1, 0.15) is 16.1 Å². The van der Waals surface area contributed by atoms with Crippen LogP contribution in [0.2, 0.25) is 0 Å². The summed E-state index contributed by atoms with van der Waals surface area (Å²) in [6, 6.07) is 10.1. The van der Waals surface area contributed by atoms with Gasteiger partial charge in [-0.05, 0) is 29.5 Å². The molecule has 1 amide bonds. The van der Waals surface area contributed by atoms with Crippen molar-refractivity contribution in [3.05, 3.63) is 57.7 Å². The normalized spacial score (nSPS) is 16.2. The number of thiophene rings is 1. The summed E-state index contributed by atoms with van der Waals surface area (Å²) in [5, 5.41) is 9.74. The first-order valence-corrected chi connectivity index (χ1v) is 9.59. The zero-order valence-electron chi connectivity index (χ0n) is 12.9. The molecule has 0 bridgehead atoms. The fraction of sp³-hybridized carbons (Fsp3) is 0.222. The smallest absolute Gasteiger partial charge is 0.270 e. The molecule has 0 saturated carbocycles. The Morgan fingerprint density at radius 3 is 3.08 bits per heavy atom. The minimum atomic E-state index is -0.119. The van der Waals surface area contributed by atoms with Crippen LogP contribution in [0.4, 0.5) is 0 Å². The Labute approximate surface area is 148 Å². The number of hydrogen-bond acceptors (Lipinski definition) is 5. The third-order valence-electron chi connectivity index (χ3n) is 4.01. The van der Waals surface area contributed by atoms with Gasteiger partial charge in [0.2, 0.25) is 0 Å². The van der Waals surface area contributed by atoms with Crippen LogP contribution in [-0.4, -0.2) is 24.0 Å². The lowest BCUT2D eigenvalue weighted by Gasteiger charge is -2.25. The van der Waals surface area contributed by atoms with E-state index in [0.717, 1.165) is 22.7 Å². The van der Waals surface area contributed by atoms with E-state index >= 15 is 0 Å². The largest absolute Gasteiger partial charge is 0.493 e. The van der Waals surface area contributed by atoms with Gasteiger partial charge in [-0.2, -0.15) is 11.3 Å². The summed E-state index contributed by atoms with van der Waals surface area (Å²) < 4.78 is 5.76. The molecule has 0 aliphatic carbocycles. The average Bonchev–Trinajstić information content (AvgIpc) is 3.30. The van der Waals surface area contributed by atoms with Crippen LogP contribution >= 0.6 is 22.7 Å². The molecule has 1 aliphatic rings. The fourth-order valence-electron chi connectivity index (χ4n) is 2.75. The molecule has 1 unspecified atom stereocenters. The highest BCUT2D eigenvalue weighted by molar-refractivity contribution is 7.14. The number of nitrogens with one attached hydrogen (secondary N) is 1. The van der Waals surface area contributed by atoms with Crippen molar-refractivity contribution in [1.29, 1.82) is 0 Å². The fourth-order valence-corrected chi connectivity index (χ4v) is 4.26. The quantitative estimate of drug-likeness (QED) is 0.772. The van der Waals surface area contributed by atoms with Crippen molar-refractivity contribution in [3.8, 4) is 16.3 Å². The summed E-state index contributed by atoms with van der Waals surface area (Å²) in [5.74, 6) is 1.13. The lowest BCUT2D eigenvalue weighted by atomic mass is 9.97. The molecular formula is C18H16N2O2S2. The van der Waals surface area contributed by atoms with Gasteiger partial charge in [0.25, 0.3) is 5.91 Å². The number of rotatable bonds is 4. The van der Waals surface area contributed by atoms with Crippen LogP contribution in [-0.2, 0) is 6.42 Å². The molecule has 1 aromatic carbocycles. The summed E-state index contributed by atoms with van der Waals surface area (Å²) in [7, 11) is 0. The van der Waals surface area contributed by atoms with Gasteiger partial charge in [0.15, 0.2) is 0 Å². The van der Waals surface area contributed by atoms with Gasteiger partial charge in [0.1, 0.15) is 16.5 Å². The Morgan fingerprint density at radius 1 is 1.29 bits per heavy atom. The number of benzene rings is 1. The lowest BCUT2D eigenvalue weighted by molar-refractivity contribution is 0.0935. The summed E-state index contributed by atoms with van der Waals surface area (Å²) in [5.41, 5.74) is 2.76. The number of fused-ring (bicyclic) bond motifs is 1. The number of carbonyl (C=O) groups is 1. The zero-order valence-corrected chi connectivity index (χ0v) is 14.5. The third kappa shape index (κ3) is 3.20. The Hall–Kier alpha value is -2.18. The highest BCUT2D eigenvalue weighted by Gasteiger charge is 2.21. The number of ether oxygens (including phenoxy) is 1. The second-order valence-electron chi connectivity index (χ2n) is 5.75. The van der Waals surface area contributed by atoms with E-state index in [2.05, 4.69) is 16.4 Å². The molecule has 1 aliphatic heterocycles. The zero-order chi connectivity index (χ0) is 16.4. The Kier molecular flexibility index (Phi) is 4.32. The number of aromatic nitrogens is 1. The molecular weight excluding hydrogens is 340 g/mol. The highest BCUT2D eigenvalue weighted by Crippen LogP contribution is 2.27. The monoisotopic (exact) mass is 356 g/mol. The standard InChI is InChI=1S/C18H16N2O2S2/c21-17(15-11-24-18(20-15)14-5-6-23-10-14)19-8-12-7-13-3-1-2-4-16(13)22-9-12/h1-6,10-12H,7-9H2,(H,19,21). The Morgan fingerprint density at radius 2 is 2.21 bits per heavy atom. The lowest BCUT2D eigenvalue weighted by Crippen LogP contribution is -2.34. The van der Waals surface area contributed by atoms with Gasteiger partial charge in [-0.3, -0.25) is 4.79 Å².